The molecule has 0 unspecified atom stereocenters. The van der Waals surface area contributed by atoms with Gasteiger partial charge in [-0.05, 0) is 26.7 Å². The molecule has 0 saturated heterocycles. The minimum Gasteiger partial charge on any atom is -0.357 e. The molecule has 6 nitrogen and oxygen atoms in total. The van der Waals surface area contributed by atoms with Gasteiger partial charge in [0.1, 0.15) is 0 Å². The smallest absolute Gasteiger partial charge is 0.230 e. The highest BCUT2D eigenvalue weighted by Gasteiger charge is 2.41. The van der Waals surface area contributed by atoms with E-state index in [0.29, 0.717) is 6.54 Å². The number of aliphatic imine (C=N–C) groups is 1. The molecule has 0 spiro atoms. The summed E-state index contributed by atoms with van der Waals surface area (Å²) in [6, 6.07) is 0. The lowest BCUT2D eigenvalue weighted by Gasteiger charge is -2.29. The summed E-state index contributed by atoms with van der Waals surface area (Å²) in [6.45, 7) is 6.21. The van der Waals surface area contributed by atoms with E-state index in [0.717, 1.165) is 61.9 Å². The van der Waals surface area contributed by atoms with Gasteiger partial charge < -0.3 is 15.5 Å². The van der Waals surface area contributed by atoms with Gasteiger partial charge in [0.2, 0.25) is 5.91 Å². The fourth-order valence-corrected chi connectivity index (χ4v) is 4.02. The number of aromatic nitrogens is 1. The zero-order chi connectivity index (χ0) is 18.3. The van der Waals surface area contributed by atoms with Gasteiger partial charge in [0.05, 0.1) is 22.7 Å². The summed E-state index contributed by atoms with van der Waals surface area (Å²) in [4.78, 5) is 23.6. The van der Waals surface area contributed by atoms with Crippen molar-refractivity contribution in [2.24, 2.45) is 10.4 Å². The topological polar surface area (TPSA) is 69.6 Å². The number of hydrogen-bond acceptors (Lipinski definition) is 4. The predicted octanol–water partition coefficient (Wildman–Crippen LogP) is 2.20. The first-order valence-corrected chi connectivity index (χ1v) is 10.00. The average molecular weight is 366 g/mol. The molecular formula is C18H31N5OS. The van der Waals surface area contributed by atoms with E-state index in [9.17, 15) is 4.79 Å². The number of nitrogens with one attached hydrogen (secondary N) is 2. The molecule has 1 aromatic heterocycles. The Bertz CT molecular complexity index is 590. The van der Waals surface area contributed by atoms with E-state index in [2.05, 4.69) is 27.9 Å². The van der Waals surface area contributed by atoms with Gasteiger partial charge in [-0.2, -0.15) is 0 Å². The quantitative estimate of drug-likeness (QED) is 0.574. The third-order valence-electron chi connectivity index (χ3n) is 4.64. The summed E-state index contributed by atoms with van der Waals surface area (Å²) in [5.74, 6) is 0.995. The lowest BCUT2D eigenvalue weighted by atomic mass is 9.85. The number of thiazole rings is 1. The summed E-state index contributed by atoms with van der Waals surface area (Å²) in [5, 5.41) is 9.85. The van der Waals surface area contributed by atoms with E-state index in [1.165, 1.54) is 0 Å². The van der Waals surface area contributed by atoms with E-state index in [1.54, 1.807) is 16.2 Å². The molecule has 140 valence electrons. The van der Waals surface area contributed by atoms with Crippen LogP contribution in [0.2, 0.25) is 0 Å². The van der Waals surface area contributed by atoms with Crippen molar-refractivity contribution in [1.82, 2.24) is 20.5 Å². The highest BCUT2D eigenvalue weighted by molar-refractivity contribution is 7.09. The minimum absolute atomic E-state index is 0.211. The highest BCUT2D eigenvalue weighted by atomic mass is 32.1. The average Bonchev–Trinajstić information content (AvgIpc) is 3.22. The number of aryl methyl sites for hydroxylation is 1. The summed E-state index contributed by atoms with van der Waals surface area (Å²) < 4.78 is 0. The first-order chi connectivity index (χ1) is 12.0. The van der Waals surface area contributed by atoms with Crippen LogP contribution in [-0.4, -0.2) is 55.5 Å². The van der Waals surface area contributed by atoms with Crippen LogP contribution in [0.3, 0.4) is 0 Å². The molecular weight excluding hydrogens is 334 g/mol. The van der Waals surface area contributed by atoms with Gasteiger partial charge in [-0.1, -0.05) is 12.8 Å². The lowest BCUT2D eigenvalue weighted by molar-refractivity contribution is -0.138. The molecule has 1 saturated carbocycles. The predicted molar refractivity (Wildman–Crippen MR) is 104 cm³/mol. The minimum atomic E-state index is -0.322. The van der Waals surface area contributed by atoms with Gasteiger partial charge in [0, 0.05) is 39.0 Å². The van der Waals surface area contributed by atoms with E-state index < -0.39 is 0 Å². The first kappa shape index (κ1) is 19.7. The third kappa shape index (κ3) is 5.42. The standard InChI is InChI=1S/C18H31N5OS/c1-5-19-17(20-11-8-15-12-25-14(2)22-15)21-13-18(9-6-7-10-18)16(24)23(3)4/h12H,5-11,13H2,1-4H3,(H2,19,20,21). The summed E-state index contributed by atoms with van der Waals surface area (Å²) in [7, 11) is 3.68. The summed E-state index contributed by atoms with van der Waals surface area (Å²) >= 11 is 1.68. The second-order valence-electron chi connectivity index (χ2n) is 6.92. The fraction of sp³-hybridized carbons (Fsp3) is 0.722. The molecule has 1 fully saturated rings. The van der Waals surface area contributed by atoms with E-state index in [-0.39, 0.29) is 11.3 Å². The van der Waals surface area contributed by atoms with Crippen molar-refractivity contribution in [3.8, 4) is 0 Å². The number of rotatable bonds is 7. The number of nitrogens with zero attached hydrogens (tertiary/aromatic N) is 3. The van der Waals surface area contributed by atoms with Gasteiger partial charge in [0.25, 0.3) is 0 Å². The van der Waals surface area contributed by atoms with Gasteiger partial charge >= 0.3 is 0 Å². The molecule has 0 aromatic carbocycles. The molecule has 25 heavy (non-hydrogen) atoms. The van der Waals surface area contributed by atoms with Crippen LogP contribution in [0.4, 0.5) is 0 Å². The van der Waals surface area contributed by atoms with Gasteiger partial charge in [-0.3, -0.25) is 9.79 Å². The second-order valence-corrected chi connectivity index (χ2v) is 7.98. The molecule has 1 aliphatic rings. The lowest BCUT2D eigenvalue weighted by Crippen LogP contribution is -2.43. The Hall–Kier alpha value is -1.63. The van der Waals surface area contributed by atoms with Gasteiger partial charge in [0.15, 0.2) is 5.96 Å². The van der Waals surface area contributed by atoms with Crippen LogP contribution >= 0.6 is 11.3 Å². The zero-order valence-electron chi connectivity index (χ0n) is 15.9. The maximum Gasteiger partial charge on any atom is 0.230 e. The Morgan fingerprint density at radius 1 is 1.36 bits per heavy atom. The molecule has 1 aromatic rings. The molecule has 0 radical (unpaired) electrons. The van der Waals surface area contributed by atoms with E-state index >= 15 is 0 Å². The van der Waals surface area contributed by atoms with Crippen LogP contribution < -0.4 is 10.6 Å². The molecule has 7 heteroatoms. The Labute approximate surface area is 155 Å². The number of guanidine groups is 1. The molecule has 1 heterocycles. The fourth-order valence-electron chi connectivity index (χ4n) is 3.37. The Kier molecular flexibility index (Phi) is 7.23. The zero-order valence-corrected chi connectivity index (χ0v) is 16.7. The van der Waals surface area contributed by atoms with Crippen molar-refractivity contribution in [3.63, 3.8) is 0 Å². The van der Waals surface area contributed by atoms with Crippen LogP contribution in [0.5, 0.6) is 0 Å². The molecule has 2 rings (SSSR count). The van der Waals surface area contributed by atoms with Crippen molar-refractivity contribution in [2.45, 2.75) is 46.0 Å². The Morgan fingerprint density at radius 2 is 2.08 bits per heavy atom. The number of carbonyl (C=O) groups is 1. The van der Waals surface area contributed by atoms with Crippen molar-refractivity contribution < 1.29 is 4.79 Å². The highest BCUT2D eigenvalue weighted by Crippen LogP contribution is 2.39. The van der Waals surface area contributed by atoms with E-state index in [1.807, 2.05) is 21.0 Å². The van der Waals surface area contributed by atoms with Crippen LogP contribution in [0.1, 0.15) is 43.3 Å². The Balaban J connectivity index is 1.96. The van der Waals surface area contributed by atoms with Crippen LogP contribution in [0, 0.1) is 12.3 Å². The first-order valence-electron chi connectivity index (χ1n) is 9.12. The van der Waals surface area contributed by atoms with E-state index in [4.69, 9.17) is 4.99 Å². The van der Waals surface area contributed by atoms with Crippen LogP contribution in [0.15, 0.2) is 10.4 Å². The van der Waals surface area contributed by atoms with Crippen molar-refractivity contribution in [3.05, 3.63) is 16.1 Å². The van der Waals surface area contributed by atoms with Crippen molar-refractivity contribution in [1.29, 1.82) is 0 Å². The third-order valence-corrected chi connectivity index (χ3v) is 5.47. The maximum atomic E-state index is 12.6. The molecule has 0 aliphatic heterocycles. The van der Waals surface area contributed by atoms with Crippen molar-refractivity contribution >= 4 is 23.2 Å². The number of hydrogen-bond donors (Lipinski definition) is 2. The SMILES string of the molecule is CCNC(=NCC1(C(=O)N(C)C)CCCC1)NCCc1csc(C)n1. The molecule has 1 amide bonds. The summed E-state index contributed by atoms with van der Waals surface area (Å²) in [5.41, 5.74) is 0.790. The normalized spacial score (nSPS) is 16.7. The largest absolute Gasteiger partial charge is 0.357 e. The van der Waals surface area contributed by atoms with Crippen molar-refractivity contribution in [2.75, 3.05) is 33.7 Å². The second kappa shape index (κ2) is 9.17. The monoisotopic (exact) mass is 365 g/mol. The molecule has 2 N–H and O–H groups in total. The molecule has 0 atom stereocenters. The van der Waals surface area contributed by atoms with Crippen LogP contribution in [-0.2, 0) is 11.2 Å². The maximum absolute atomic E-state index is 12.6. The van der Waals surface area contributed by atoms with Crippen LogP contribution in [0.25, 0.3) is 0 Å². The van der Waals surface area contributed by atoms with Gasteiger partial charge in [-0.15, -0.1) is 11.3 Å². The van der Waals surface area contributed by atoms with Gasteiger partial charge in [-0.25, -0.2) is 4.98 Å². The molecule has 1 aliphatic carbocycles. The number of carbonyl (C=O) groups excluding carboxylic acids is 1. The Morgan fingerprint density at radius 3 is 2.64 bits per heavy atom. The summed E-state index contributed by atoms with van der Waals surface area (Å²) in [6.07, 6.45) is 4.97. The molecule has 0 bridgehead atoms. The number of amides is 1.